The number of hydrogen-bond donors (Lipinski definition) is 2. The van der Waals surface area contributed by atoms with Crippen molar-refractivity contribution >= 4 is 30.7 Å². The number of benzene rings is 1. The summed E-state index contributed by atoms with van der Waals surface area (Å²) in [6.45, 7) is 4.56. The molecule has 6 heteroatoms. The number of hydrogen-bond acceptors (Lipinski definition) is 3. The minimum Gasteiger partial charge on any atom is -0.352 e. The van der Waals surface area contributed by atoms with Crippen LogP contribution in [-0.4, -0.2) is 34.5 Å². The van der Waals surface area contributed by atoms with Crippen molar-refractivity contribution in [2.24, 2.45) is 5.73 Å². The summed E-state index contributed by atoms with van der Waals surface area (Å²) in [6, 6.07) is 12.1. The van der Waals surface area contributed by atoms with Gasteiger partial charge in [0.05, 0.1) is 5.54 Å². The average Bonchev–Trinajstić information content (AvgIpc) is 2.70. The van der Waals surface area contributed by atoms with Crippen LogP contribution in [0.4, 0.5) is 0 Å². The molecule has 4 nitrogen and oxygen atoms in total. The predicted octanol–water partition coefficient (Wildman–Crippen LogP) is 2.88. The second kappa shape index (κ2) is 8.52. The van der Waals surface area contributed by atoms with Crippen LogP contribution in [-0.2, 0) is 11.3 Å². The van der Waals surface area contributed by atoms with E-state index in [1.807, 2.05) is 0 Å². The highest BCUT2D eigenvalue weighted by Gasteiger charge is 2.41. The quantitative estimate of drug-likeness (QED) is 0.852. The topological polar surface area (TPSA) is 58.4 Å². The fourth-order valence-corrected chi connectivity index (χ4v) is 3.82. The first-order chi connectivity index (χ1) is 10.4. The number of halogens is 2. The molecular formula is C18H29Cl2N3O. The Bertz CT molecular complexity index is 519. The van der Waals surface area contributed by atoms with Gasteiger partial charge >= 0.3 is 0 Å². The molecule has 3 rings (SSSR count). The van der Waals surface area contributed by atoms with Crippen molar-refractivity contribution in [3.63, 3.8) is 0 Å². The van der Waals surface area contributed by atoms with Crippen molar-refractivity contribution in [2.75, 3.05) is 0 Å². The lowest BCUT2D eigenvalue weighted by molar-refractivity contribution is -0.126. The molecule has 136 valence electrons. The maximum atomic E-state index is 12.1. The standard InChI is InChI=1S/C18H27N3O.2ClH/c1-18(2,19)17(22)20-14-10-15-8-9-16(11-14)21(15)12-13-6-4-3-5-7-13;;/h3-7,14-16H,8-12,19H2,1-2H3,(H,20,22);2*1H. The van der Waals surface area contributed by atoms with Crippen LogP contribution in [0.1, 0.15) is 45.1 Å². The van der Waals surface area contributed by atoms with E-state index in [2.05, 4.69) is 40.5 Å². The molecule has 0 spiro atoms. The summed E-state index contributed by atoms with van der Waals surface area (Å²) in [7, 11) is 0. The first-order valence-corrected chi connectivity index (χ1v) is 8.33. The Labute approximate surface area is 157 Å². The molecular weight excluding hydrogens is 345 g/mol. The normalized spacial score (nSPS) is 26.2. The molecule has 3 N–H and O–H groups in total. The lowest BCUT2D eigenvalue weighted by Gasteiger charge is -2.40. The fourth-order valence-electron chi connectivity index (χ4n) is 3.82. The van der Waals surface area contributed by atoms with Crippen LogP contribution >= 0.6 is 24.8 Å². The minimum absolute atomic E-state index is 0. The molecule has 2 unspecified atom stereocenters. The van der Waals surface area contributed by atoms with E-state index >= 15 is 0 Å². The second-order valence-electron chi connectivity index (χ2n) is 7.41. The molecule has 0 aliphatic carbocycles. The number of nitrogens with one attached hydrogen (secondary N) is 1. The van der Waals surface area contributed by atoms with Crippen molar-refractivity contribution in [2.45, 2.75) is 69.7 Å². The Morgan fingerprint density at radius 3 is 2.21 bits per heavy atom. The molecule has 2 heterocycles. The number of carbonyl (C=O) groups is 1. The second-order valence-corrected chi connectivity index (χ2v) is 7.41. The van der Waals surface area contributed by atoms with E-state index in [1.165, 1.54) is 18.4 Å². The number of rotatable bonds is 4. The highest BCUT2D eigenvalue weighted by molar-refractivity contribution is 5.86. The molecule has 1 amide bonds. The number of amides is 1. The molecule has 24 heavy (non-hydrogen) atoms. The first-order valence-electron chi connectivity index (χ1n) is 8.33. The minimum atomic E-state index is -0.791. The zero-order valence-electron chi connectivity index (χ0n) is 14.4. The lowest BCUT2D eigenvalue weighted by atomic mass is 9.95. The summed E-state index contributed by atoms with van der Waals surface area (Å²) >= 11 is 0. The van der Waals surface area contributed by atoms with E-state index in [0.29, 0.717) is 12.1 Å². The molecule has 1 aromatic carbocycles. The highest BCUT2D eigenvalue weighted by Crippen LogP contribution is 2.36. The van der Waals surface area contributed by atoms with Crippen molar-refractivity contribution in [3.8, 4) is 0 Å². The molecule has 0 aromatic heterocycles. The van der Waals surface area contributed by atoms with Crippen LogP contribution in [0.2, 0.25) is 0 Å². The molecule has 1 aromatic rings. The summed E-state index contributed by atoms with van der Waals surface area (Å²) in [6.07, 6.45) is 4.59. The van der Waals surface area contributed by atoms with Gasteiger partial charge in [0.2, 0.25) is 5.91 Å². The Morgan fingerprint density at radius 2 is 1.71 bits per heavy atom. The summed E-state index contributed by atoms with van der Waals surface area (Å²) in [5, 5.41) is 3.15. The maximum absolute atomic E-state index is 12.1. The molecule has 2 saturated heterocycles. The Kier molecular flexibility index (Phi) is 7.54. The first kappa shape index (κ1) is 21.2. The van der Waals surface area contributed by atoms with Crippen molar-refractivity contribution in [1.82, 2.24) is 10.2 Å². The number of nitrogens with two attached hydrogens (primary N) is 1. The van der Waals surface area contributed by atoms with Crippen LogP contribution in [0.5, 0.6) is 0 Å². The predicted molar refractivity (Wildman–Crippen MR) is 103 cm³/mol. The Balaban J connectivity index is 0.00000144. The van der Waals surface area contributed by atoms with E-state index in [-0.39, 0.29) is 36.8 Å². The van der Waals surface area contributed by atoms with Gasteiger partial charge in [-0.2, -0.15) is 0 Å². The Morgan fingerprint density at radius 1 is 1.17 bits per heavy atom. The average molecular weight is 374 g/mol. The Hall–Kier alpha value is -0.810. The van der Waals surface area contributed by atoms with Gasteiger partial charge in [0.25, 0.3) is 0 Å². The summed E-state index contributed by atoms with van der Waals surface area (Å²) in [5.41, 5.74) is 6.48. The van der Waals surface area contributed by atoms with Gasteiger partial charge in [0.1, 0.15) is 0 Å². The lowest BCUT2D eigenvalue weighted by Crippen LogP contribution is -2.56. The van der Waals surface area contributed by atoms with E-state index in [0.717, 1.165) is 19.4 Å². The van der Waals surface area contributed by atoms with Crippen LogP contribution in [0.15, 0.2) is 30.3 Å². The largest absolute Gasteiger partial charge is 0.352 e. The van der Waals surface area contributed by atoms with Crippen LogP contribution < -0.4 is 11.1 Å². The number of fused-ring (bicyclic) bond motifs is 2. The van der Waals surface area contributed by atoms with Gasteiger partial charge in [-0.25, -0.2) is 0 Å². The highest BCUT2D eigenvalue weighted by atomic mass is 35.5. The third-order valence-corrected chi connectivity index (χ3v) is 5.01. The van der Waals surface area contributed by atoms with Gasteiger partial charge < -0.3 is 11.1 Å². The number of piperidine rings is 1. The molecule has 2 aliphatic rings. The van der Waals surface area contributed by atoms with Crippen LogP contribution in [0.3, 0.4) is 0 Å². The summed E-state index contributed by atoms with van der Waals surface area (Å²) < 4.78 is 0. The van der Waals surface area contributed by atoms with Crippen molar-refractivity contribution < 1.29 is 4.79 Å². The SMILES string of the molecule is CC(C)(N)C(=O)NC1CC2CCC(C1)N2Cc1ccccc1.Cl.Cl. The zero-order valence-corrected chi connectivity index (χ0v) is 16.0. The van der Waals surface area contributed by atoms with Crippen molar-refractivity contribution in [3.05, 3.63) is 35.9 Å². The smallest absolute Gasteiger partial charge is 0.239 e. The zero-order chi connectivity index (χ0) is 15.7. The van der Waals surface area contributed by atoms with Gasteiger partial charge in [-0.3, -0.25) is 9.69 Å². The summed E-state index contributed by atoms with van der Waals surface area (Å²) in [5.74, 6) is -0.0339. The van der Waals surface area contributed by atoms with Gasteiger partial charge in [-0.1, -0.05) is 30.3 Å². The van der Waals surface area contributed by atoms with E-state index in [9.17, 15) is 4.79 Å². The fraction of sp³-hybridized carbons (Fsp3) is 0.611. The van der Waals surface area contributed by atoms with Crippen molar-refractivity contribution in [1.29, 1.82) is 0 Å². The van der Waals surface area contributed by atoms with E-state index in [1.54, 1.807) is 13.8 Å². The van der Waals surface area contributed by atoms with Crippen LogP contribution in [0.25, 0.3) is 0 Å². The molecule has 2 aliphatic heterocycles. The van der Waals surface area contributed by atoms with Crippen LogP contribution in [0, 0.1) is 0 Å². The maximum Gasteiger partial charge on any atom is 0.239 e. The van der Waals surface area contributed by atoms with E-state index < -0.39 is 5.54 Å². The molecule has 2 fully saturated rings. The van der Waals surface area contributed by atoms with Gasteiger partial charge in [0, 0.05) is 24.7 Å². The van der Waals surface area contributed by atoms with Gasteiger partial charge in [-0.05, 0) is 45.1 Å². The monoisotopic (exact) mass is 373 g/mol. The molecule has 0 radical (unpaired) electrons. The van der Waals surface area contributed by atoms with Gasteiger partial charge in [-0.15, -0.1) is 24.8 Å². The molecule has 2 atom stereocenters. The third-order valence-electron chi connectivity index (χ3n) is 5.01. The molecule has 0 saturated carbocycles. The summed E-state index contributed by atoms with van der Waals surface area (Å²) in [4.78, 5) is 14.7. The van der Waals surface area contributed by atoms with E-state index in [4.69, 9.17) is 5.73 Å². The number of nitrogens with zero attached hydrogens (tertiary/aromatic N) is 1. The number of carbonyl (C=O) groups excluding carboxylic acids is 1. The molecule has 2 bridgehead atoms. The van der Waals surface area contributed by atoms with Gasteiger partial charge in [0.15, 0.2) is 0 Å². The third kappa shape index (κ3) is 4.85.